The van der Waals surface area contributed by atoms with Gasteiger partial charge in [0.15, 0.2) is 0 Å². The minimum atomic E-state index is -3.79. The average molecular weight is 419 g/mol. The highest BCUT2D eigenvalue weighted by Gasteiger charge is 2.20. The van der Waals surface area contributed by atoms with Gasteiger partial charge < -0.3 is 4.74 Å². The maximum absolute atomic E-state index is 13.1. The van der Waals surface area contributed by atoms with E-state index >= 15 is 0 Å². The number of carbonyl (C=O) groups excluding carboxylic acids is 1. The van der Waals surface area contributed by atoms with Crippen LogP contribution in [0.25, 0.3) is 11.1 Å². The van der Waals surface area contributed by atoms with Gasteiger partial charge in [-0.3, -0.25) is 4.79 Å². The van der Waals surface area contributed by atoms with Crippen molar-refractivity contribution in [3.8, 4) is 16.9 Å². The molecular weight excluding hydrogens is 403 g/mol. The third-order valence-corrected chi connectivity index (χ3v) is 6.12. The lowest BCUT2D eigenvalue weighted by atomic mass is 10.00. The molecule has 144 valence electrons. The Morgan fingerprint density at radius 2 is 1.57 bits per heavy atom. The quantitative estimate of drug-likeness (QED) is 0.331. The molecule has 0 radical (unpaired) electrons. The van der Waals surface area contributed by atoms with Crippen LogP contribution in [0.2, 0.25) is 5.02 Å². The van der Waals surface area contributed by atoms with Crippen LogP contribution in [0, 0.1) is 12.7 Å². The Kier molecular flexibility index (Phi) is 5.54. The Morgan fingerprint density at radius 3 is 2.18 bits per heavy atom. The van der Waals surface area contributed by atoms with Crippen molar-refractivity contribution in [3.05, 3.63) is 77.1 Å². The topological polar surface area (TPSA) is 60.4 Å². The first kappa shape index (κ1) is 20.0. The highest BCUT2D eigenvalue weighted by Crippen LogP contribution is 2.36. The van der Waals surface area contributed by atoms with E-state index in [4.69, 9.17) is 16.3 Å². The second-order valence-electron chi connectivity index (χ2n) is 6.17. The summed E-state index contributed by atoms with van der Waals surface area (Å²) in [6.45, 7) is 3.04. The third-order valence-electron chi connectivity index (χ3n) is 4.12. The summed E-state index contributed by atoms with van der Waals surface area (Å²) in [5, 5.41) is 0.452. The van der Waals surface area contributed by atoms with Crippen LogP contribution in [0.15, 0.2) is 70.5 Å². The van der Waals surface area contributed by atoms with Gasteiger partial charge in [-0.25, -0.2) is 12.8 Å². The van der Waals surface area contributed by atoms with Crippen LogP contribution in [0.1, 0.15) is 12.5 Å². The molecule has 0 aromatic heterocycles. The fourth-order valence-corrected chi connectivity index (χ4v) is 4.33. The van der Waals surface area contributed by atoms with Crippen molar-refractivity contribution in [2.24, 2.45) is 0 Å². The molecule has 0 saturated carbocycles. The van der Waals surface area contributed by atoms with E-state index in [-0.39, 0.29) is 9.79 Å². The molecule has 4 nitrogen and oxygen atoms in total. The van der Waals surface area contributed by atoms with E-state index in [1.165, 1.54) is 31.2 Å². The van der Waals surface area contributed by atoms with Crippen LogP contribution < -0.4 is 4.74 Å². The monoisotopic (exact) mass is 418 g/mol. The van der Waals surface area contributed by atoms with E-state index < -0.39 is 21.6 Å². The van der Waals surface area contributed by atoms with E-state index in [9.17, 15) is 17.6 Å². The molecule has 0 aliphatic rings. The third kappa shape index (κ3) is 4.08. The summed E-state index contributed by atoms with van der Waals surface area (Å²) in [4.78, 5) is 11.5. The minimum Gasteiger partial charge on any atom is -0.426 e. The molecule has 0 unspecified atom stereocenters. The van der Waals surface area contributed by atoms with Crippen LogP contribution in [0.3, 0.4) is 0 Å². The van der Waals surface area contributed by atoms with Gasteiger partial charge in [-0.15, -0.1) is 0 Å². The SMILES string of the molecule is CC(=O)Oc1ccc(Cl)cc1-c1ccc(S(=O)(=O)c2ccc(F)cc2)cc1C. The zero-order chi connectivity index (χ0) is 20.5. The van der Waals surface area contributed by atoms with Crippen molar-refractivity contribution in [3.63, 3.8) is 0 Å². The molecule has 3 rings (SSSR count). The van der Waals surface area contributed by atoms with Crippen molar-refractivity contribution >= 4 is 27.4 Å². The summed E-state index contributed by atoms with van der Waals surface area (Å²) in [6.07, 6.45) is 0. The predicted octanol–water partition coefficient (Wildman–Crippen LogP) is 5.21. The molecule has 3 aromatic rings. The lowest BCUT2D eigenvalue weighted by Gasteiger charge is -2.13. The van der Waals surface area contributed by atoms with Gasteiger partial charge >= 0.3 is 5.97 Å². The van der Waals surface area contributed by atoms with Crippen molar-refractivity contribution < 1.29 is 22.3 Å². The Hall–Kier alpha value is -2.70. The summed E-state index contributed by atoms with van der Waals surface area (Å²) in [6, 6.07) is 14.1. The molecule has 0 atom stereocenters. The van der Waals surface area contributed by atoms with Gasteiger partial charge in [0.1, 0.15) is 11.6 Å². The number of aryl methyl sites for hydroxylation is 1. The second kappa shape index (κ2) is 7.73. The van der Waals surface area contributed by atoms with Gasteiger partial charge in [-0.05, 0) is 72.6 Å². The number of hydrogen-bond donors (Lipinski definition) is 0. The fraction of sp³-hybridized carbons (Fsp3) is 0.0952. The molecule has 0 aliphatic heterocycles. The Morgan fingerprint density at radius 1 is 0.929 bits per heavy atom. The summed E-state index contributed by atoms with van der Waals surface area (Å²) in [5.41, 5.74) is 1.90. The first-order valence-corrected chi connectivity index (χ1v) is 10.1. The number of carbonyl (C=O) groups is 1. The molecule has 28 heavy (non-hydrogen) atoms. The Bertz CT molecular complexity index is 1160. The highest BCUT2D eigenvalue weighted by atomic mass is 35.5. The summed E-state index contributed by atoms with van der Waals surface area (Å²) >= 11 is 6.09. The molecule has 0 fully saturated rings. The number of rotatable bonds is 4. The number of esters is 1. The second-order valence-corrected chi connectivity index (χ2v) is 8.55. The van der Waals surface area contributed by atoms with E-state index in [2.05, 4.69) is 0 Å². The molecule has 0 N–H and O–H groups in total. The predicted molar refractivity (Wildman–Crippen MR) is 105 cm³/mol. The molecule has 0 saturated heterocycles. The first-order chi connectivity index (χ1) is 13.2. The van der Waals surface area contributed by atoms with Crippen molar-refractivity contribution in [1.82, 2.24) is 0 Å². The smallest absolute Gasteiger partial charge is 0.308 e. The number of ether oxygens (including phenoxy) is 1. The van der Waals surface area contributed by atoms with Gasteiger partial charge in [-0.1, -0.05) is 17.7 Å². The molecule has 0 aliphatic carbocycles. The normalized spacial score (nSPS) is 11.3. The average Bonchev–Trinajstić information content (AvgIpc) is 2.63. The molecule has 0 heterocycles. The Labute approximate surface area is 167 Å². The van der Waals surface area contributed by atoms with Crippen molar-refractivity contribution in [1.29, 1.82) is 0 Å². The van der Waals surface area contributed by atoms with Crippen LogP contribution in [-0.4, -0.2) is 14.4 Å². The molecular formula is C21H16ClFO4S. The van der Waals surface area contributed by atoms with Gasteiger partial charge in [0.25, 0.3) is 0 Å². The molecule has 7 heteroatoms. The minimum absolute atomic E-state index is 0.00408. The number of halogens is 2. The summed E-state index contributed by atoms with van der Waals surface area (Å²) in [7, 11) is -3.79. The Balaban J connectivity index is 2.08. The molecule has 0 bridgehead atoms. The van der Waals surface area contributed by atoms with E-state index in [0.29, 0.717) is 27.5 Å². The van der Waals surface area contributed by atoms with Gasteiger partial charge in [0, 0.05) is 17.5 Å². The van der Waals surface area contributed by atoms with Crippen molar-refractivity contribution in [2.75, 3.05) is 0 Å². The fourth-order valence-electron chi connectivity index (χ4n) is 2.81. The van der Waals surface area contributed by atoms with E-state index in [1.807, 2.05) is 0 Å². The molecule has 0 spiro atoms. The standard InChI is InChI=1S/C21H16ClFO4S/c1-13-11-18(28(25,26)17-6-4-16(23)5-7-17)8-9-19(13)20-12-15(22)3-10-21(20)27-14(2)24/h3-12H,1-2H3. The van der Waals surface area contributed by atoms with E-state index in [0.717, 1.165) is 12.1 Å². The van der Waals surface area contributed by atoms with Crippen LogP contribution in [-0.2, 0) is 14.6 Å². The molecule has 3 aromatic carbocycles. The maximum Gasteiger partial charge on any atom is 0.308 e. The number of hydrogen-bond acceptors (Lipinski definition) is 4. The van der Waals surface area contributed by atoms with Gasteiger partial charge in [0.05, 0.1) is 9.79 Å². The first-order valence-electron chi connectivity index (χ1n) is 8.28. The summed E-state index contributed by atoms with van der Waals surface area (Å²) in [5.74, 6) is -0.657. The van der Waals surface area contributed by atoms with Crippen LogP contribution >= 0.6 is 11.6 Å². The van der Waals surface area contributed by atoms with Crippen molar-refractivity contribution in [2.45, 2.75) is 23.6 Å². The van der Waals surface area contributed by atoms with Gasteiger partial charge in [0.2, 0.25) is 9.84 Å². The lowest BCUT2D eigenvalue weighted by molar-refractivity contribution is -0.131. The summed E-state index contributed by atoms with van der Waals surface area (Å²) < 4.78 is 43.9. The maximum atomic E-state index is 13.1. The lowest BCUT2D eigenvalue weighted by Crippen LogP contribution is -2.04. The number of benzene rings is 3. The van der Waals surface area contributed by atoms with Gasteiger partial charge in [-0.2, -0.15) is 0 Å². The zero-order valence-electron chi connectivity index (χ0n) is 15.1. The molecule has 0 amide bonds. The van der Waals surface area contributed by atoms with E-state index in [1.54, 1.807) is 31.2 Å². The van der Waals surface area contributed by atoms with Crippen LogP contribution in [0.5, 0.6) is 5.75 Å². The zero-order valence-corrected chi connectivity index (χ0v) is 16.6. The number of sulfone groups is 1. The van der Waals surface area contributed by atoms with Crippen LogP contribution in [0.4, 0.5) is 4.39 Å². The highest BCUT2D eigenvalue weighted by molar-refractivity contribution is 7.91. The largest absolute Gasteiger partial charge is 0.426 e.